The smallest absolute Gasteiger partial charge is 0.107 e. The summed E-state index contributed by atoms with van der Waals surface area (Å²) in [7, 11) is 0. The summed E-state index contributed by atoms with van der Waals surface area (Å²) in [6.45, 7) is 1.39. The van der Waals surface area contributed by atoms with E-state index in [2.05, 4.69) is 10.3 Å². The molecule has 1 atom stereocenters. The number of aliphatic hydroxyl groups is 1. The molecule has 0 saturated carbocycles. The number of nitrogens with zero attached hydrogens (tertiary/aromatic N) is 1. The van der Waals surface area contributed by atoms with E-state index < -0.39 is 5.60 Å². The molecule has 100 valence electrons. The van der Waals surface area contributed by atoms with Gasteiger partial charge < -0.3 is 20.9 Å². The quantitative estimate of drug-likeness (QED) is 0.776. The standard InChI is InChI=1S/C14H17N3O2/c15-11-7-16-12-4-2-1-3-10(12)13(11)17-8-14(18)5-6-19-9-14/h1-4,7,18H,5-6,8-9,15H2,(H,16,17). The van der Waals surface area contributed by atoms with Gasteiger partial charge in [-0.15, -0.1) is 0 Å². The Kier molecular flexibility index (Phi) is 3.00. The van der Waals surface area contributed by atoms with Crippen molar-refractivity contribution in [2.75, 3.05) is 30.8 Å². The number of nitrogens with one attached hydrogen (secondary N) is 1. The van der Waals surface area contributed by atoms with Gasteiger partial charge in [-0.05, 0) is 6.07 Å². The monoisotopic (exact) mass is 259 g/mol. The maximum atomic E-state index is 10.3. The lowest BCUT2D eigenvalue weighted by Crippen LogP contribution is -2.37. The minimum absolute atomic E-state index is 0.364. The molecule has 1 aliphatic heterocycles. The predicted octanol–water partition coefficient (Wildman–Crippen LogP) is 1.38. The number of nitrogen functional groups attached to an aromatic ring is 1. The molecule has 0 radical (unpaired) electrons. The lowest BCUT2D eigenvalue weighted by molar-refractivity contribution is 0.0382. The summed E-state index contributed by atoms with van der Waals surface area (Å²) in [6, 6.07) is 7.79. The van der Waals surface area contributed by atoms with Crippen LogP contribution in [-0.2, 0) is 4.74 Å². The van der Waals surface area contributed by atoms with Crippen LogP contribution in [-0.4, -0.2) is 35.5 Å². The summed E-state index contributed by atoms with van der Waals surface area (Å²) in [5.74, 6) is 0. The highest BCUT2D eigenvalue weighted by Gasteiger charge is 2.32. The summed E-state index contributed by atoms with van der Waals surface area (Å²) >= 11 is 0. The zero-order chi connectivity index (χ0) is 13.3. The van der Waals surface area contributed by atoms with Gasteiger partial charge in [0.05, 0.1) is 29.7 Å². The number of anilines is 2. The molecule has 1 fully saturated rings. The first-order chi connectivity index (χ1) is 9.18. The molecular weight excluding hydrogens is 242 g/mol. The fourth-order valence-electron chi connectivity index (χ4n) is 2.34. The highest BCUT2D eigenvalue weighted by Crippen LogP contribution is 2.29. The Morgan fingerprint density at radius 3 is 3.05 bits per heavy atom. The second kappa shape index (κ2) is 4.68. The van der Waals surface area contributed by atoms with Crippen LogP contribution in [0.5, 0.6) is 0 Å². The molecule has 19 heavy (non-hydrogen) atoms. The molecule has 0 spiro atoms. The molecule has 1 unspecified atom stereocenters. The fourth-order valence-corrected chi connectivity index (χ4v) is 2.34. The minimum atomic E-state index is -0.809. The van der Waals surface area contributed by atoms with E-state index in [0.29, 0.717) is 31.9 Å². The third-order valence-electron chi connectivity index (χ3n) is 3.48. The summed E-state index contributed by atoms with van der Waals surface area (Å²) in [5.41, 5.74) is 7.46. The Balaban J connectivity index is 1.89. The van der Waals surface area contributed by atoms with Gasteiger partial charge >= 0.3 is 0 Å². The molecule has 5 heteroatoms. The summed E-state index contributed by atoms with van der Waals surface area (Å²) in [6.07, 6.45) is 2.28. The van der Waals surface area contributed by atoms with Crippen molar-refractivity contribution >= 4 is 22.3 Å². The summed E-state index contributed by atoms with van der Waals surface area (Å²) in [4.78, 5) is 4.29. The van der Waals surface area contributed by atoms with Gasteiger partial charge in [0.2, 0.25) is 0 Å². The molecule has 0 amide bonds. The lowest BCUT2D eigenvalue weighted by Gasteiger charge is -2.22. The first-order valence-corrected chi connectivity index (χ1v) is 6.35. The van der Waals surface area contributed by atoms with Gasteiger partial charge in [0.1, 0.15) is 5.60 Å². The fraction of sp³-hybridized carbons (Fsp3) is 0.357. The first-order valence-electron chi connectivity index (χ1n) is 6.35. The van der Waals surface area contributed by atoms with E-state index in [9.17, 15) is 5.11 Å². The maximum Gasteiger partial charge on any atom is 0.107 e. The van der Waals surface area contributed by atoms with Crippen LogP contribution in [0.25, 0.3) is 10.9 Å². The summed E-state index contributed by atoms with van der Waals surface area (Å²) < 4.78 is 5.23. The SMILES string of the molecule is Nc1cnc2ccccc2c1NCC1(O)CCOC1. The van der Waals surface area contributed by atoms with Crippen LogP contribution in [0.4, 0.5) is 11.4 Å². The number of pyridine rings is 1. The number of benzene rings is 1. The highest BCUT2D eigenvalue weighted by molar-refractivity contribution is 5.96. The van der Waals surface area contributed by atoms with E-state index in [0.717, 1.165) is 16.6 Å². The van der Waals surface area contributed by atoms with E-state index in [4.69, 9.17) is 10.5 Å². The van der Waals surface area contributed by atoms with E-state index >= 15 is 0 Å². The second-order valence-corrected chi connectivity index (χ2v) is 4.99. The second-order valence-electron chi connectivity index (χ2n) is 4.99. The molecule has 2 aromatic rings. The average molecular weight is 259 g/mol. The van der Waals surface area contributed by atoms with Crippen molar-refractivity contribution in [3.05, 3.63) is 30.5 Å². The molecule has 1 aromatic heterocycles. The number of aromatic nitrogens is 1. The van der Waals surface area contributed by atoms with E-state index in [1.54, 1.807) is 6.20 Å². The minimum Gasteiger partial charge on any atom is -0.396 e. The predicted molar refractivity (Wildman–Crippen MR) is 75.0 cm³/mol. The van der Waals surface area contributed by atoms with Crippen molar-refractivity contribution in [3.8, 4) is 0 Å². The van der Waals surface area contributed by atoms with Gasteiger partial charge in [-0.3, -0.25) is 4.98 Å². The Labute approximate surface area is 111 Å². The number of hydrogen-bond acceptors (Lipinski definition) is 5. The topological polar surface area (TPSA) is 80.4 Å². The number of hydrogen-bond donors (Lipinski definition) is 3. The van der Waals surface area contributed by atoms with Gasteiger partial charge in [-0.25, -0.2) is 0 Å². The van der Waals surface area contributed by atoms with Crippen LogP contribution in [0.2, 0.25) is 0 Å². The molecule has 0 aliphatic carbocycles. The van der Waals surface area contributed by atoms with Crippen molar-refractivity contribution in [3.63, 3.8) is 0 Å². The van der Waals surface area contributed by atoms with Crippen LogP contribution < -0.4 is 11.1 Å². The van der Waals surface area contributed by atoms with Crippen LogP contribution in [0.15, 0.2) is 30.5 Å². The Bertz CT molecular complexity index is 594. The van der Waals surface area contributed by atoms with Crippen molar-refractivity contribution in [1.82, 2.24) is 4.98 Å². The number of ether oxygens (including phenoxy) is 1. The van der Waals surface area contributed by atoms with E-state index in [1.807, 2.05) is 24.3 Å². The number of rotatable bonds is 3. The molecule has 4 N–H and O–H groups in total. The van der Waals surface area contributed by atoms with Gasteiger partial charge in [0.25, 0.3) is 0 Å². The molecule has 5 nitrogen and oxygen atoms in total. The Morgan fingerprint density at radius 2 is 2.26 bits per heavy atom. The van der Waals surface area contributed by atoms with E-state index in [-0.39, 0.29) is 0 Å². The maximum absolute atomic E-state index is 10.3. The number of para-hydroxylation sites is 1. The van der Waals surface area contributed by atoms with Crippen molar-refractivity contribution < 1.29 is 9.84 Å². The Hall–Kier alpha value is -1.85. The normalized spacial score (nSPS) is 22.8. The average Bonchev–Trinajstić information content (AvgIpc) is 2.85. The van der Waals surface area contributed by atoms with Gasteiger partial charge in [-0.1, -0.05) is 18.2 Å². The largest absolute Gasteiger partial charge is 0.396 e. The van der Waals surface area contributed by atoms with Gasteiger partial charge in [0.15, 0.2) is 0 Å². The number of nitrogens with two attached hydrogens (primary N) is 1. The Morgan fingerprint density at radius 1 is 1.42 bits per heavy atom. The lowest BCUT2D eigenvalue weighted by atomic mass is 10.0. The van der Waals surface area contributed by atoms with Crippen molar-refractivity contribution in [2.24, 2.45) is 0 Å². The molecule has 1 aliphatic rings. The van der Waals surface area contributed by atoms with Crippen LogP contribution >= 0.6 is 0 Å². The summed E-state index contributed by atoms with van der Waals surface area (Å²) in [5, 5.41) is 14.5. The number of fused-ring (bicyclic) bond motifs is 1. The third-order valence-corrected chi connectivity index (χ3v) is 3.48. The molecule has 3 rings (SSSR count). The van der Waals surface area contributed by atoms with Crippen molar-refractivity contribution in [1.29, 1.82) is 0 Å². The van der Waals surface area contributed by atoms with Gasteiger partial charge in [0, 0.05) is 25.0 Å². The van der Waals surface area contributed by atoms with Crippen molar-refractivity contribution in [2.45, 2.75) is 12.0 Å². The van der Waals surface area contributed by atoms with E-state index in [1.165, 1.54) is 0 Å². The molecule has 2 heterocycles. The van der Waals surface area contributed by atoms with Crippen LogP contribution in [0.1, 0.15) is 6.42 Å². The highest BCUT2D eigenvalue weighted by atomic mass is 16.5. The molecule has 1 aromatic carbocycles. The van der Waals surface area contributed by atoms with Crippen LogP contribution in [0, 0.1) is 0 Å². The zero-order valence-corrected chi connectivity index (χ0v) is 10.6. The van der Waals surface area contributed by atoms with Gasteiger partial charge in [-0.2, -0.15) is 0 Å². The zero-order valence-electron chi connectivity index (χ0n) is 10.6. The first kappa shape index (κ1) is 12.2. The van der Waals surface area contributed by atoms with Crippen LogP contribution in [0.3, 0.4) is 0 Å². The molecule has 0 bridgehead atoms. The third kappa shape index (κ3) is 2.34. The molecule has 1 saturated heterocycles. The molecular formula is C14H17N3O2.